The van der Waals surface area contributed by atoms with E-state index in [-0.39, 0.29) is 5.91 Å². The number of amides is 2. The van der Waals surface area contributed by atoms with Gasteiger partial charge in [0, 0.05) is 22.5 Å². The number of nitrogens with zero attached hydrogens (tertiary/aromatic N) is 1. The first-order chi connectivity index (χ1) is 9.95. The molecule has 0 bridgehead atoms. The number of rotatable bonds is 5. The van der Waals surface area contributed by atoms with Gasteiger partial charge in [0.25, 0.3) is 0 Å². The summed E-state index contributed by atoms with van der Waals surface area (Å²) in [5.41, 5.74) is 7.23. The number of primary amides is 1. The summed E-state index contributed by atoms with van der Waals surface area (Å²) in [7, 11) is 0. The van der Waals surface area contributed by atoms with E-state index >= 15 is 0 Å². The molecule has 1 aromatic heterocycles. The van der Waals surface area contributed by atoms with Crippen molar-refractivity contribution in [2.75, 3.05) is 5.32 Å². The molecule has 110 valence electrons. The minimum absolute atomic E-state index is 0.0627. The molecule has 0 saturated carbocycles. The first-order valence-electron chi connectivity index (χ1n) is 6.58. The maximum atomic E-state index is 11.9. The predicted octanol–water partition coefficient (Wildman–Crippen LogP) is 2.43. The summed E-state index contributed by atoms with van der Waals surface area (Å²) in [6, 6.07) is 6.52. The first kappa shape index (κ1) is 15.2. The second-order valence-electron chi connectivity index (χ2n) is 4.73. The summed E-state index contributed by atoms with van der Waals surface area (Å²) < 4.78 is 0. The topological polar surface area (TPSA) is 85.1 Å². The van der Waals surface area contributed by atoms with Crippen LogP contribution in [0.25, 0.3) is 0 Å². The van der Waals surface area contributed by atoms with Gasteiger partial charge in [0.2, 0.25) is 11.8 Å². The molecule has 6 heteroatoms. The molecule has 0 unspecified atom stereocenters. The Morgan fingerprint density at radius 2 is 1.90 bits per heavy atom. The van der Waals surface area contributed by atoms with E-state index in [2.05, 4.69) is 10.3 Å². The number of benzene rings is 1. The average Bonchev–Trinajstić information content (AvgIpc) is 2.75. The quantitative estimate of drug-likeness (QED) is 0.889. The fourth-order valence-electron chi connectivity index (χ4n) is 1.97. The molecule has 5 nitrogen and oxygen atoms in total. The van der Waals surface area contributed by atoms with E-state index in [1.807, 2.05) is 13.8 Å². The van der Waals surface area contributed by atoms with Crippen molar-refractivity contribution in [3.05, 3.63) is 45.4 Å². The van der Waals surface area contributed by atoms with Crippen molar-refractivity contribution < 1.29 is 9.59 Å². The Morgan fingerprint density at radius 1 is 1.24 bits per heavy atom. The van der Waals surface area contributed by atoms with Crippen molar-refractivity contribution in [1.29, 1.82) is 0 Å². The van der Waals surface area contributed by atoms with Gasteiger partial charge in [-0.3, -0.25) is 9.59 Å². The molecular weight excluding hydrogens is 286 g/mol. The Labute approximate surface area is 127 Å². The van der Waals surface area contributed by atoms with Crippen molar-refractivity contribution in [3.63, 3.8) is 0 Å². The van der Waals surface area contributed by atoms with Crippen LogP contribution in [0.4, 0.5) is 5.69 Å². The largest absolute Gasteiger partial charge is 0.366 e. The number of nitrogens with two attached hydrogens (primary N) is 1. The SMILES string of the molecule is Cc1nc(C)c(CCC(=O)Nc2ccc(C(N)=O)cc2)s1. The smallest absolute Gasteiger partial charge is 0.248 e. The second-order valence-corrected chi connectivity index (χ2v) is 6.02. The Morgan fingerprint density at radius 3 is 2.43 bits per heavy atom. The fourth-order valence-corrected chi connectivity index (χ4v) is 2.91. The molecule has 0 fully saturated rings. The summed E-state index contributed by atoms with van der Waals surface area (Å²) in [6.45, 7) is 3.92. The Kier molecular flexibility index (Phi) is 4.70. The molecule has 21 heavy (non-hydrogen) atoms. The molecule has 0 aliphatic heterocycles. The van der Waals surface area contributed by atoms with Crippen LogP contribution in [0.1, 0.15) is 32.4 Å². The monoisotopic (exact) mass is 303 g/mol. The highest BCUT2D eigenvalue weighted by molar-refractivity contribution is 7.11. The number of hydrogen-bond donors (Lipinski definition) is 2. The minimum Gasteiger partial charge on any atom is -0.366 e. The summed E-state index contributed by atoms with van der Waals surface area (Å²) >= 11 is 1.63. The molecular formula is C15H17N3O2S. The number of nitrogens with one attached hydrogen (secondary N) is 1. The van der Waals surface area contributed by atoms with Crippen LogP contribution >= 0.6 is 11.3 Å². The molecule has 2 aromatic rings. The maximum absolute atomic E-state index is 11.9. The van der Waals surface area contributed by atoms with Gasteiger partial charge in [0.1, 0.15) is 0 Å². The summed E-state index contributed by atoms with van der Waals surface area (Å²) in [5, 5.41) is 3.82. The first-order valence-corrected chi connectivity index (χ1v) is 7.40. The highest BCUT2D eigenvalue weighted by Gasteiger charge is 2.08. The molecule has 3 N–H and O–H groups in total. The highest BCUT2D eigenvalue weighted by atomic mass is 32.1. The lowest BCUT2D eigenvalue weighted by molar-refractivity contribution is -0.116. The number of carbonyl (C=O) groups excluding carboxylic acids is 2. The molecule has 0 aliphatic rings. The van der Waals surface area contributed by atoms with Gasteiger partial charge in [-0.15, -0.1) is 11.3 Å². The van der Waals surface area contributed by atoms with Crippen molar-refractivity contribution in [3.8, 4) is 0 Å². The van der Waals surface area contributed by atoms with Crippen LogP contribution in [0.2, 0.25) is 0 Å². The lowest BCUT2D eigenvalue weighted by atomic mass is 10.2. The van der Waals surface area contributed by atoms with Crippen molar-refractivity contribution >= 4 is 28.8 Å². The number of aromatic nitrogens is 1. The third-order valence-electron chi connectivity index (χ3n) is 3.03. The maximum Gasteiger partial charge on any atom is 0.248 e. The third-order valence-corrected chi connectivity index (χ3v) is 4.16. The van der Waals surface area contributed by atoms with Crippen LogP contribution in [-0.4, -0.2) is 16.8 Å². The highest BCUT2D eigenvalue weighted by Crippen LogP contribution is 2.19. The zero-order valence-electron chi connectivity index (χ0n) is 12.0. The summed E-state index contributed by atoms with van der Waals surface area (Å²) in [4.78, 5) is 28.3. The van der Waals surface area contributed by atoms with Crippen molar-refractivity contribution in [2.24, 2.45) is 5.73 Å². The number of aryl methyl sites for hydroxylation is 3. The molecule has 2 rings (SSSR count). The number of hydrogen-bond acceptors (Lipinski definition) is 4. The molecule has 0 radical (unpaired) electrons. The van der Waals surface area contributed by atoms with Gasteiger partial charge >= 0.3 is 0 Å². The molecule has 0 spiro atoms. The third kappa shape index (κ3) is 4.13. The van der Waals surface area contributed by atoms with Crippen LogP contribution in [0.15, 0.2) is 24.3 Å². The number of thiazole rings is 1. The van der Waals surface area contributed by atoms with E-state index in [1.165, 1.54) is 0 Å². The lowest BCUT2D eigenvalue weighted by Gasteiger charge is -2.05. The van der Waals surface area contributed by atoms with E-state index in [4.69, 9.17) is 5.73 Å². The number of carbonyl (C=O) groups is 2. The van der Waals surface area contributed by atoms with Gasteiger partial charge in [0.05, 0.1) is 10.7 Å². The predicted molar refractivity (Wildman–Crippen MR) is 83.5 cm³/mol. The minimum atomic E-state index is -0.482. The fraction of sp³-hybridized carbons (Fsp3) is 0.267. The van der Waals surface area contributed by atoms with Gasteiger partial charge in [-0.25, -0.2) is 4.98 Å². The van der Waals surface area contributed by atoms with E-state index in [1.54, 1.807) is 35.6 Å². The molecule has 0 saturated heterocycles. The normalized spacial score (nSPS) is 10.4. The van der Waals surface area contributed by atoms with Crippen molar-refractivity contribution in [1.82, 2.24) is 4.98 Å². The summed E-state index contributed by atoms with van der Waals surface area (Å²) in [6.07, 6.45) is 1.09. The van der Waals surface area contributed by atoms with Crippen LogP contribution in [-0.2, 0) is 11.2 Å². The van der Waals surface area contributed by atoms with E-state index in [9.17, 15) is 9.59 Å². The Bertz CT molecular complexity index is 662. The van der Waals surface area contributed by atoms with Crippen LogP contribution in [0.3, 0.4) is 0 Å². The number of anilines is 1. The van der Waals surface area contributed by atoms with Gasteiger partial charge in [-0.05, 0) is 44.5 Å². The Balaban J connectivity index is 1.89. The summed E-state index contributed by atoms with van der Waals surface area (Å²) in [5.74, 6) is -0.545. The van der Waals surface area contributed by atoms with E-state index in [0.29, 0.717) is 24.1 Å². The second kappa shape index (κ2) is 6.49. The molecule has 1 aromatic carbocycles. The molecule has 2 amide bonds. The van der Waals surface area contributed by atoms with E-state index < -0.39 is 5.91 Å². The standard InChI is InChI=1S/C15H17N3O2S/c1-9-13(21-10(2)17-9)7-8-14(19)18-12-5-3-11(4-6-12)15(16)20/h3-6H,7-8H2,1-2H3,(H2,16,20)(H,18,19). The van der Waals surface area contributed by atoms with Crippen LogP contribution in [0.5, 0.6) is 0 Å². The van der Waals surface area contributed by atoms with Crippen LogP contribution in [0, 0.1) is 13.8 Å². The zero-order valence-corrected chi connectivity index (χ0v) is 12.8. The van der Waals surface area contributed by atoms with Crippen molar-refractivity contribution in [2.45, 2.75) is 26.7 Å². The molecule has 0 atom stereocenters. The zero-order chi connectivity index (χ0) is 15.4. The van der Waals surface area contributed by atoms with Gasteiger partial charge in [0.15, 0.2) is 0 Å². The lowest BCUT2D eigenvalue weighted by Crippen LogP contribution is -2.13. The van der Waals surface area contributed by atoms with Gasteiger partial charge in [-0.1, -0.05) is 0 Å². The van der Waals surface area contributed by atoms with Gasteiger partial charge in [-0.2, -0.15) is 0 Å². The van der Waals surface area contributed by atoms with Gasteiger partial charge < -0.3 is 11.1 Å². The van der Waals surface area contributed by atoms with Crippen LogP contribution < -0.4 is 11.1 Å². The molecule has 0 aliphatic carbocycles. The Hall–Kier alpha value is -2.21. The molecule has 1 heterocycles. The average molecular weight is 303 g/mol. The van der Waals surface area contributed by atoms with E-state index in [0.717, 1.165) is 15.6 Å².